The molecule has 1 amide bonds. The number of hydrogen-bond acceptors (Lipinski definition) is 5. The second kappa shape index (κ2) is 7.33. The van der Waals surface area contributed by atoms with Crippen molar-refractivity contribution in [2.45, 2.75) is 44.8 Å². The third kappa shape index (κ3) is 4.27. The number of carbonyl (C=O) groups is 2. The Balaban J connectivity index is 2.33. The molecule has 0 saturated heterocycles. The van der Waals surface area contributed by atoms with Gasteiger partial charge in [0.25, 0.3) is 0 Å². The van der Waals surface area contributed by atoms with E-state index in [9.17, 15) is 14.7 Å². The molecule has 0 aromatic carbocycles. The SMILES string of the molecule is CCOC(=O)C(N)C(=O)NCC1CCCCC1O. The van der Waals surface area contributed by atoms with E-state index in [2.05, 4.69) is 10.1 Å². The molecule has 4 N–H and O–H groups in total. The van der Waals surface area contributed by atoms with Gasteiger partial charge in [-0.1, -0.05) is 12.8 Å². The van der Waals surface area contributed by atoms with Gasteiger partial charge in [-0.2, -0.15) is 0 Å². The van der Waals surface area contributed by atoms with Crippen LogP contribution in [-0.2, 0) is 14.3 Å². The fraction of sp³-hybridized carbons (Fsp3) is 0.833. The average molecular weight is 258 g/mol. The minimum Gasteiger partial charge on any atom is -0.464 e. The predicted octanol–water partition coefficient (Wildman–Crippen LogP) is -0.456. The summed E-state index contributed by atoms with van der Waals surface area (Å²) in [5.74, 6) is -1.22. The molecule has 0 aliphatic heterocycles. The molecule has 0 bridgehead atoms. The fourth-order valence-electron chi connectivity index (χ4n) is 2.11. The zero-order valence-electron chi connectivity index (χ0n) is 10.7. The maximum absolute atomic E-state index is 11.6. The molecule has 1 aliphatic rings. The molecule has 18 heavy (non-hydrogen) atoms. The van der Waals surface area contributed by atoms with E-state index in [-0.39, 0.29) is 18.6 Å². The Morgan fingerprint density at radius 1 is 1.44 bits per heavy atom. The molecule has 0 spiro atoms. The predicted molar refractivity (Wildman–Crippen MR) is 65.6 cm³/mol. The van der Waals surface area contributed by atoms with E-state index in [1.165, 1.54) is 0 Å². The van der Waals surface area contributed by atoms with E-state index >= 15 is 0 Å². The number of aliphatic hydroxyl groups is 1. The first-order valence-electron chi connectivity index (χ1n) is 6.44. The van der Waals surface area contributed by atoms with Crippen LogP contribution < -0.4 is 11.1 Å². The first-order chi connectivity index (χ1) is 8.56. The number of nitrogens with two attached hydrogens (primary N) is 1. The zero-order chi connectivity index (χ0) is 13.5. The molecular weight excluding hydrogens is 236 g/mol. The lowest BCUT2D eigenvalue weighted by Gasteiger charge is -2.27. The van der Waals surface area contributed by atoms with Crippen LogP contribution >= 0.6 is 0 Å². The highest BCUT2D eigenvalue weighted by atomic mass is 16.5. The number of ether oxygens (including phenoxy) is 1. The van der Waals surface area contributed by atoms with Crippen LogP contribution in [0.2, 0.25) is 0 Å². The van der Waals surface area contributed by atoms with E-state index in [4.69, 9.17) is 5.73 Å². The van der Waals surface area contributed by atoms with E-state index < -0.39 is 17.9 Å². The Morgan fingerprint density at radius 2 is 2.11 bits per heavy atom. The lowest BCUT2D eigenvalue weighted by atomic mass is 9.86. The number of carbonyl (C=O) groups excluding carboxylic acids is 2. The van der Waals surface area contributed by atoms with Gasteiger partial charge in [-0.15, -0.1) is 0 Å². The van der Waals surface area contributed by atoms with Gasteiger partial charge in [0.1, 0.15) is 0 Å². The summed E-state index contributed by atoms with van der Waals surface area (Å²) in [5, 5.41) is 12.3. The normalized spacial score (nSPS) is 25.3. The topological polar surface area (TPSA) is 102 Å². The maximum Gasteiger partial charge on any atom is 0.332 e. The van der Waals surface area contributed by atoms with E-state index in [1.807, 2.05) is 0 Å². The third-order valence-corrected chi connectivity index (χ3v) is 3.23. The number of aliphatic hydroxyl groups excluding tert-OH is 1. The van der Waals surface area contributed by atoms with Crippen molar-refractivity contribution >= 4 is 11.9 Å². The van der Waals surface area contributed by atoms with Crippen LogP contribution in [0.4, 0.5) is 0 Å². The monoisotopic (exact) mass is 258 g/mol. The Labute approximate surface area is 107 Å². The van der Waals surface area contributed by atoms with Crippen molar-refractivity contribution < 1.29 is 19.4 Å². The van der Waals surface area contributed by atoms with Crippen LogP contribution in [0.25, 0.3) is 0 Å². The largest absolute Gasteiger partial charge is 0.464 e. The molecule has 0 aromatic heterocycles. The van der Waals surface area contributed by atoms with E-state index in [1.54, 1.807) is 6.92 Å². The fourth-order valence-corrected chi connectivity index (χ4v) is 2.11. The van der Waals surface area contributed by atoms with Crippen LogP contribution in [0.3, 0.4) is 0 Å². The van der Waals surface area contributed by atoms with Gasteiger partial charge in [-0.3, -0.25) is 4.79 Å². The van der Waals surface area contributed by atoms with Gasteiger partial charge in [-0.25, -0.2) is 4.79 Å². The van der Waals surface area contributed by atoms with Crippen LogP contribution in [0.1, 0.15) is 32.6 Å². The van der Waals surface area contributed by atoms with Crippen LogP contribution in [0.15, 0.2) is 0 Å². The summed E-state index contributed by atoms with van der Waals surface area (Å²) in [6.45, 7) is 2.20. The first-order valence-corrected chi connectivity index (χ1v) is 6.44. The molecule has 6 heteroatoms. The van der Waals surface area contributed by atoms with Gasteiger partial charge < -0.3 is 20.9 Å². The molecule has 6 nitrogen and oxygen atoms in total. The number of nitrogens with one attached hydrogen (secondary N) is 1. The standard InChI is InChI=1S/C12H22N2O4/c1-2-18-12(17)10(13)11(16)14-7-8-5-3-4-6-9(8)15/h8-10,15H,2-7,13H2,1H3,(H,14,16). The Morgan fingerprint density at radius 3 is 2.72 bits per heavy atom. The summed E-state index contributed by atoms with van der Waals surface area (Å²) in [6, 6.07) is -1.29. The average Bonchev–Trinajstić information content (AvgIpc) is 2.36. The summed E-state index contributed by atoms with van der Waals surface area (Å²) in [6.07, 6.45) is 3.36. The van der Waals surface area contributed by atoms with Crippen molar-refractivity contribution in [2.75, 3.05) is 13.2 Å². The van der Waals surface area contributed by atoms with E-state index in [0.29, 0.717) is 6.54 Å². The lowest BCUT2D eigenvalue weighted by molar-refractivity contribution is -0.148. The highest BCUT2D eigenvalue weighted by Gasteiger charge is 2.27. The van der Waals surface area contributed by atoms with Crippen molar-refractivity contribution in [3.8, 4) is 0 Å². The summed E-state index contributed by atoms with van der Waals surface area (Å²) in [7, 11) is 0. The number of esters is 1. The minimum atomic E-state index is -1.29. The highest BCUT2D eigenvalue weighted by Crippen LogP contribution is 2.23. The van der Waals surface area contributed by atoms with Crippen LogP contribution in [0, 0.1) is 5.92 Å². The number of rotatable bonds is 5. The Hall–Kier alpha value is -1.14. The second-order valence-electron chi connectivity index (χ2n) is 4.59. The molecule has 3 unspecified atom stereocenters. The van der Waals surface area contributed by atoms with Crippen molar-refractivity contribution in [1.29, 1.82) is 0 Å². The molecule has 104 valence electrons. The minimum absolute atomic E-state index is 0.0529. The molecule has 1 saturated carbocycles. The quantitative estimate of drug-likeness (QED) is 0.458. The molecule has 0 radical (unpaired) electrons. The molecule has 1 rings (SSSR count). The van der Waals surface area contributed by atoms with Gasteiger partial charge in [0.2, 0.25) is 5.91 Å². The van der Waals surface area contributed by atoms with Crippen molar-refractivity contribution in [2.24, 2.45) is 11.7 Å². The zero-order valence-corrected chi connectivity index (χ0v) is 10.7. The molecule has 1 fully saturated rings. The number of hydrogen-bond donors (Lipinski definition) is 3. The van der Waals surface area contributed by atoms with E-state index in [0.717, 1.165) is 25.7 Å². The van der Waals surface area contributed by atoms with Gasteiger partial charge in [0.05, 0.1) is 12.7 Å². The molecule has 1 aliphatic carbocycles. The Kier molecular flexibility index (Phi) is 6.07. The van der Waals surface area contributed by atoms with Crippen molar-refractivity contribution in [3.05, 3.63) is 0 Å². The molecule has 0 heterocycles. The first kappa shape index (κ1) is 14.9. The highest BCUT2D eigenvalue weighted by molar-refractivity contribution is 6.01. The van der Waals surface area contributed by atoms with Crippen molar-refractivity contribution in [1.82, 2.24) is 5.32 Å². The molecule has 0 aromatic rings. The Bertz CT molecular complexity index is 296. The molecular formula is C12H22N2O4. The van der Waals surface area contributed by atoms with Crippen LogP contribution in [0.5, 0.6) is 0 Å². The van der Waals surface area contributed by atoms with Gasteiger partial charge in [-0.05, 0) is 19.8 Å². The van der Waals surface area contributed by atoms with Gasteiger partial charge in [0.15, 0.2) is 6.04 Å². The second-order valence-corrected chi connectivity index (χ2v) is 4.59. The van der Waals surface area contributed by atoms with Crippen LogP contribution in [-0.4, -0.2) is 42.3 Å². The van der Waals surface area contributed by atoms with Gasteiger partial charge >= 0.3 is 5.97 Å². The third-order valence-electron chi connectivity index (χ3n) is 3.23. The molecule has 3 atom stereocenters. The number of amides is 1. The van der Waals surface area contributed by atoms with Crippen molar-refractivity contribution in [3.63, 3.8) is 0 Å². The summed E-state index contributed by atoms with van der Waals surface area (Å²) >= 11 is 0. The summed E-state index contributed by atoms with van der Waals surface area (Å²) in [5.41, 5.74) is 5.45. The summed E-state index contributed by atoms with van der Waals surface area (Å²) in [4.78, 5) is 22.8. The van der Waals surface area contributed by atoms with Gasteiger partial charge in [0, 0.05) is 12.5 Å². The smallest absolute Gasteiger partial charge is 0.332 e. The summed E-state index contributed by atoms with van der Waals surface area (Å²) < 4.78 is 4.66. The lowest BCUT2D eigenvalue weighted by Crippen LogP contribution is -2.49. The maximum atomic E-state index is 11.6.